The van der Waals surface area contributed by atoms with Crippen LogP contribution >= 0.6 is 11.8 Å². The standard InChI is InChI=1S/C14H21NOS/c1-10-5-6-14-12(8-10)13(15)9-11(16-14)4-3-7-17-2/h5-6,8,11,13H,3-4,7,9,15H2,1-2H3. The Morgan fingerprint density at radius 2 is 2.29 bits per heavy atom. The maximum Gasteiger partial charge on any atom is 0.124 e. The molecule has 2 N–H and O–H groups in total. The van der Waals surface area contributed by atoms with Crippen molar-refractivity contribution >= 4 is 11.8 Å². The van der Waals surface area contributed by atoms with Gasteiger partial charge in [0.2, 0.25) is 0 Å². The number of benzene rings is 1. The number of ether oxygens (including phenoxy) is 1. The fourth-order valence-corrected chi connectivity index (χ4v) is 2.79. The normalized spacial score (nSPS) is 23.0. The van der Waals surface area contributed by atoms with E-state index in [0.717, 1.165) is 18.6 Å². The molecular formula is C14H21NOS. The number of hydrogen-bond donors (Lipinski definition) is 1. The van der Waals surface area contributed by atoms with Crippen molar-refractivity contribution in [2.24, 2.45) is 5.73 Å². The first-order valence-electron chi connectivity index (χ1n) is 6.22. The molecule has 0 bridgehead atoms. The number of rotatable bonds is 4. The first-order valence-corrected chi connectivity index (χ1v) is 7.62. The van der Waals surface area contributed by atoms with Gasteiger partial charge in [-0.25, -0.2) is 0 Å². The molecule has 17 heavy (non-hydrogen) atoms. The molecule has 0 saturated heterocycles. The second-order valence-corrected chi connectivity index (χ2v) is 5.74. The fourth-order valence-electron chi connectivity index (χ4n) is 2.33. The zero-order chi connectivity index (χ0) is 12.3. The number of thioether (sulfide) groups is 1. The van der Waals surface area contributed by atoms with Gasteiger partial charge in [-0.1, -0.05) is 17.7 Å². The maximum atomic E-state index is 6.22. The van der Waals surface area contributed by atoms with Gasteiger partial charge >= 0.3 is 0 Å². The van der Waals surface area contributed by atoms with Crippen molar-refractivity contribution in [3.8, 4) is 5.75 Å². The van der Waals surface area contributed by atoms with Gasteiger partial charge in [0.1, 0.15) is 11.9 Å². The van der Waals surface area contributed by atoms with Crippen LogP contribution in [0, 0.1) is 6.92 Å². The van der Waals surface area contributed by atoms with E-state index in [9.17, 15) is 0 Å². The van der Waals surface area contributed by atoms with Crippen LogP contribution in [0.15, 0.2) is 18.2 Å². The van der Waals surface area contributed by atoms with E-state index in [4.69, 9.17) is 10.5 Å². The summed E-state index contributed by atoms with van der Waals surface area (Å²) in [5, 5.41) is 0. The lowest BCUT2D eigenvalue weighted by atomic mass is 9.94. The Balaban J connectivity index is 2.03. The van der Waals surface area contributed by atoms with Crippen molar-refractivity contribution in [1.29, 1.82) is 0 Å². The molecule has 2 unspecified atom stereocenters. The van der Waals surface area contributed by atoms with E-state index in [0.29, 0.717) is 6.10 Å². The van der Waals surface area contributed by atoms with Crippen LogP contribution in [0.5, 0.6) is 5.75 Å². The van der Waals surface area contributed by atoms with Gasteiger partial charge in [-0.3, -0.25) is 0 Å². The summed E-state index contributed by atoms with van der Waals surface area (Å²) < 4.78 is 6.01. The molecule has 2 nitrogen and oxygen atoms in total. The van der Waals surface area contributed by atoms with Crippen LogP contribution in [0.4, 0.5) is 0 Å². The molecule has 94 valence electrons. The van der Waals surface area contributed by atoms with Crippen LogP contribution in [0.3, 0.4) is 0 Å². The van der Waals surface area contributed by atoms with Crippen LogP contribution in [0.25, 0.3) is 0 Å². The number of fused-ring (bicyclic) bond motifs is 1. The van der Waals surface area contributed by atoms with E-state index >= 15 is 0 Å². The first kappa shape index (κ1) is 12.8. The third-order valence-electron chi connectivity index (χ3n) is 3.25. The van der Waals surface area contributed by atoms with Gasteiger partial charge in [-0.2, -0.15) is 11.8 Å². The minimum Gasteiger partial charge on any atom is -0.490 e. The van der Waals surface area contributed by atoms with Crippen LogP contribution in [0.1, 0.15) is 36.4 Å². The molecule has 2 atom stereocenters. The molecule has 0 radical (unpaired) electrons. The van der Waals surface area contributed by atoms with Crippen molar-refractivity contribution in [3.05, 3.63) is 29.3 Å². The number of hydrogen-bond acceptors (Lipinski definition) is 3. The van der Waals surface area contributed by atoms with E-state index in [1.165, 1.54) is 23.3 Å². The summed E-state index contributed by atoms with van der Waals surface area (Å²) >= 11 is 1.89. The smallest absolute Gasteiger partial charge is 0.124 e. The molecule has 0 amide bonds. The molecule has 0 aliphatic carbocycles. The summed E-state index contributed by atoms with van der Waals surface area (Å²) in [5.41, 5.74) is 8.65. The average Bonchev–Trinajstić information content (AvgIpc) is 2.31. The molecule has 0 saturated carbocycles. The van der Waals surface area contributed by atoms with Gasteiger partial charge in [0.15, 0.2) is 0 Å². The van der Waals surface area contributed by atoms with Gasteiger partial charge in [-0.05, 0) is 37.8 Å². The second kappa shape index (κ2) is 5.78. The average molecular weight is 251 g/mol. The highest BCUT2D eigenvalue weighted by atomic mass is 32.2. The van der Waals surface area contributed by atoms with Crippen molar-refractivity contribution in [2.45, 2.75) is 38.3 Å². The van der Waals surface area contributed by atoms with Crippen molar-refractivity contribution in [1.82, 2.24) is 0 Å². The zero-order valence-electron chi connectivity index (χ0n) is 10.6. The van der Waals surface area contributed by atoms with Crippen molar-refractivity contribution < 1.29 is 4.74 Å². The van der Waals surface area contributed by atoms with Gasteiger partial charge < -0.3 is 10.5 Å². The van der Waals surface area contributed by atoms with E-state index in [-0.39, 0.29) is 6.04 Å². The molecule has 0 aromatic heterocycles. The summed E-state index contributed by atoms with van der Waals surface area (Å²) in [5.74, 6) is 2.19. The van der Waals surface area contributed by atoms with Gasteiger partial charge in [0, 0.05) is 18.0 Å². The largest absolute Gasteiger partial charge is 0.490 e. The summed E-state index contributed by atoms with van der Waals surface area (Å²) in [6.45, 7) is 2.09. The Hall–Kier alpha value is -0.670. The Labute approximate surface area is 108 Å². The molecule has 1 aliphatic heterocycles. The van der Waals surface area contributed by atoms with E-state index in [1.54, 1.807) is 0 Å². The van der Waals surface area contributed by atoms with Gasteiger partial charge in [0.25, 0.3) is 0 Å². The monoisotopic (exact) mass is 251 g/mol. The van der Waals surface area contributed by atoms with E-state index in [2.05, 4.69) is 31.4 Å². The van der Waals surface area contributed by atoms with E-state index in [1.807, 2.05) is 11.8 Å². The first-order chi connectivity index (χ1) is 8.20. The summed E-state index contributed by atoms with van der Waals surface area (Å²) in [4.78, 5) is 0. The van der Waals surface area contributed by atoms with Crippen molar-refractivity contribution in [3.63, 3.8) is 0 Å². The highest BCUT2D eigenvalue weighted by Gasteiger charge is 2.25. The Morgan fingerprint density at radius 1 is 1.47 bits per heavy atom. The molecule has 1 aromatic carbocycles. The predicted molar refractivity (Wildman–Crippen MR) is 74.8 cm³/mol. The molecule has 1 aromatic rings. The lowest BCUT2D eigenvalue weighted by Gasteiger charge is -2.30. The molecule has 3 heteroatoms. The number of nitrogens with two attached hydrogens (primary N) is 1. The van der Waals surface area contributed by atoms with E-state index < -0.39 is 0 Å². The SMILES string of the molecule is CSCCCC1CC(N)c2cc(C)ccc2O1. The Bertz CT molecular complexity index is 380. The third-order valence-corrected chi connectivity index (χ3v) is 3.95. The molecule has 2 rings (SSSR count). The summed E-state index contributed by atoms with van der Waals surface area (Å²) in [7, 11) is 0. The molecule has 1 heterocycles. The quantitative estimate of drug-likeness (QED) is 0.834. The minimum atomic E-state index is 0.137. The Morgan fingerprint density at radius 3 is 3.06 bits per heavy atom. The highest BCUT2D eigenvalue weighted by molar-refractivity contribution is 7.98. The van der Waals surface area contributed by atoms with Crippen LogP contribution in [-0.4, -0.2) is 18.1 Å². The Kier molecular flexibility index (Phi) is 4.35. The molecule has 0 fully saturated rings. The molecule has 0 spiro atoms. The van der Waals surface area contributed by atoms with Crippen LogP contribution in [0.2, 0.25) is 0 Å². The topological polar surface area (TPSA) is 35.2 Å². The third kappa shape index (κ3) is 3.17. The van der Waals surface area contributed by atoms with Gasteiger partial charge in [-0.15, -0.1) is 0 Å². The lowest BCUT2D eigenvalue weighted by molar-refractivity contribution is 0.149. The number of aryl methyl sites for hydroxylation is 1. The zero-order valence-corrected chi connectivity index (χ0v) is 11.4. The second-order valence-electron chi connectivity index (χ2n) is 4.76. The lowest BCUT2D eigenvalue weighted by Crippen LogP contribution is -2.29. The minimum absolute atomic E-state index is 0.137. The molecular weight excluding hydrogens is 230 g/mol. The molecule has 1 aliphatic rings. The summed E-state index contributed by atoms with van der Waals surface area (Å²) in [6.07, 6.45) is 5.71. The summed E-state index contributed by atoms with van der Waals surface area (Å²) in [6, 6.07) is 6.44. The van der Waals surface area contributed by atoms with Crippen LogP contribution in [-0.2, 0) is 0 Å². The van der Waals surface area contributed by atoms with Crippen molar-refractivity contribution in [2.75, 3.05) is 12.0 Å². The highest BCUT2D eigenvalue weighted by Crippen LogP contribution is 2.35. The fraction of sp³-hybridized carbons (Fsp3) is 0.571. The predicted octanol–water partition coefficient (Wildman–Crippen LogP) is 3.29. The maximum absolute atomic E-state index is 6.22. The van der Waals surface area contributed by atoms with Gasteiger partial charge in [0.05, 0.1) is 0 Å². The van der Waals surface area contributed by atoms with Crippen LogP contribution < -0.4 is 10.5 Å².